The number of hydrogen-bond acceptors (Lipinski definition) is 4. The molecule has 3 rings (SSSR count). The molecule has 0 saturated carbocycles. The van der Waals surface area contributed by atoms with Crippen molar-refractivity contribution in [3.63, 3.8) is 0 Å². The van der Waals surface area contributed by atoms with Crippen molar-refractivity contribution in [3.8, 4) is 0 Å². The van der Waals surface area contributed by atoms with Crippen molar-refractivity contribution in [1.82, 2.24) is 13.9 Å². The van der Waals surface area contributed by atoms with E-state index in [1.807, 2.05) is 18.4 Å². The van der Waals surface area contributed by atoms with E-state index < -0.39 is 10.0 Å². The molecular weight excluding hydrogens is 443 g/mol. The van der Waals surface area contributed by atoms with E-state index in [1.54, 1.807) is 31.2 Å². The van der Waals surface area contributed by atoms with Crippen molar-refractivity contribution < 1.29 is 17.6 Å². The number of fused-ring (bicyclic) bond motifs is 1. The van der Waals surface area contributed by atoms with Gasteiger partial charge in [0.25, 0.3) is 0 Å². The van der Waals surface area contributed by atoms with Crippen LogP contribution in [0.2, 0.25) is 0 Å². The van der Waals surface area contributed by atoms with Gasteiger partial charge in [0.1, 0.15) is 11.6 Å². The van der Waals surface area contributed by atoms with E-state index in [-0.39, 0.29) is 23.0 Å². The number of halogens is 1. The number of aromatic nitrogens is 2. The Bertz CT molecular complexity index is 1250. The number of imidazole rings is 1. The average molecular weight is 475 g/mol. The predicted molar refractivity (Wildman–Crippen MR) is 128 cm³/mol. The van der Waals surface area contributed by atoms with E-state index in [0.29, 0.717) is 42.8 Å². The number of anilines is 1. The molecule has 0 aliphatic rings. The molecule has 1 heterocycles. The molecule has 3 aromatic rings. The summed E-state index contributed by atoms with van der Waals surface area (Å²) in [5.41, 5.74) is 2.68. The van der Waals surface area contributed by atoms with Gasteiger partial charge < -0.3 is 9.88 Å². The fourth-order valence-electron chi connectivity index (χ4n) is 3.90. The van der Waals surface area contributed by atoms with Gasteiger partial charge in [-0.15, -0.1) is 0 Å². The standard InChI is InChI=1S/C24H31FN4O3S/c1-5-14-29-22-11-9-19(33(31,32)28(6-2)7-3)16-21(22)26-23(29)12-13-24(30)27-20-10-8-18(25)15-17(20)4/h8-11,15-16H,5-7,12-14H2,1-4H3,(H,27,30). The first-order chi connectivity index (χ1) is 15.7. The minimum atomic E-state index is -3.58. The Morgan fingerprint density at radius 2 is 1.85 bits per heavy atom. The molecule has 7 nitrogen and oxygen atoms in total. The number of nitrogens with one attached hydrogen (secondary N) is 1. The third kappa shape index (κ3) is 5.42. The lowest BCUT2D eigenvalue weighted by Gasteiger charge is -2.18. The van der Waals surface area contributed by atoms with E-state index in [9.17, 15) is 17.6 Å². The number of hydrogen-bond donors (Lipinski definition) is 1. The van der Waals surface area contributed by atoms with Crippen LogP contribution in [0.4, 0.5) is 10.1 Å². The summed E-state index contributed by atoms with van der Waals surface area (Å²) in [7, 11) is -3.58. The van der Waals surface area contributed by atoms with Crippen LogP contribution in [0, 0.1) is 12.7 Å². The van der Waals surface area contributed by atoms with Crippen LogP contribution < -0.4 is 5.32 Å². The van der Waals surface area contributed by atoms with E-state index in [0.717, 1.165) is 17.8 Å². The Labute approximate surface area is 194 Å². The van der Waals surface area contributed by atoms with Gasteiger partial charge >= 0.3 is 0 Å². The summed E-state index contributed by atoms with van der Waals surface area (Å²) in [6, 6.07) is 9.26. The van der Waals surface area contributed by atoms with Crippen molar-refractivity contribution in [1.29, 1.82) is 0 Å². The minimum Gasteiger partial charge on any atom is -0.328 e. The molecule has 0 fully saturated rings. The minimum absolute atomic E-state index is 0.190. The van der Waals surface area contributed by atoms with Gasteiger partial charge in [0.2, 0.25) is 15.9 Å². The van der Waals surface area contributed by atoms with E-state index >= 15 is 0 Å². The molecule has 33 heavy (non-hydrogen) atoms. The molecular formula is C24H31FN4O3S. The van der Waals surface area contributed by atoms with Crippen LogP contribution in [0.25, 0.3) is 11.0 Å². The maximum atomic E-state index is 13.3. The molecule has 0 saturated heterocycles. The van der Waals surface area contributed by atoms with Crippen LogP contribution >= 0.6 is 0 Å². The van der Waals surface area contributed by atoms with Crippen molar-refractivity contribution in [3.05, 3.63) is 53.6 Å². The number of carbonyl (C=O) groups is 1. The maximum Gasteiger partial charge on any atom is 0.243 e. The molecule has 9 heteroatoms. The second-order valence-corrected chi connectivity index (χ2v) is 9.86. The van der Waals surface area contributed by atoms with Crippen LogP contribution in [0.15, 0.2) is 41.3 Å². The van der Waals surface area contributed by atoms with Crippen LogP contribution in [0.3, 0.4) is 0 Å². The Kier molecular flexibility index (Phi) is 7.86. The van der Waals surface area contributed by atoms with Crippen LogP contribution in [0.1, 0.15) is 45.0 Å². The van der Waals surface area contributed by atoms with Crippen molar-refractivity contribution in [2.75, 3.05) is 18.4 Å². The highest BCUT2D eigenvalue weighted by Crippen LogP contribution is 2.24. The van der Waals surface area contributed by atoms with Crippen molar-refractivity contribution in [2.45, 2.75) is 58.4 Å². The molecule has 0 radical (unpaired) electrons. The topological polar surface area (TPSA) is 84.3 Å². The number of nitrogens with zero attached hydrogens (tertiary/aromatic N) is 3. The molecule has 0 aliphatic heterocycles. The second kappa shape index (κ2) is 10.4. The zero-order valence-electron chi connectivity index (χ0n) is 19.6. The molecule has 1 amide bonds. The number of amides is 1. The van der Waals surface area contributed by atoms with Crippen LogP contribution in [-0.4, -0.2) is 41.3 Å². The maximum absolute atomic E-state index is 13.3. The second-order valence-electron chi connectivity index (χ2n) is 7.93. The third-order valence-electron chi connectivity index (χ3n) is 5.63. The Morgan fingerprint density at radius 3 is 2.48 bits per heavy atom. The first-order valence-electron chi connectivity index (χ1n) is 11.3. The number of benzene rings is 2. The zero-order valence-corrected chi connectivity index (χ0v) is 20.4. The lowest BCUT2D eigenvalue weighted by atomic mass is 10.2. The molecule has 0 aliphatic carbocycles. The highest BCUT2D eigenvalue weighted by Gasteiger charge is 2.23. The normalized spacial score (nSPS) is 11.9. The summed E-state index contributed by atoms with van der Waals surface area (Å²) in [5, 5.41) is 2.82. The first-order valence-corrected chi connectivity index (χ1v) is 12.7. The summed E-state index contributed by atoms with van der Waals surface area (Å²) in [6.45, 7) is 8.93. The van der Waals surface area contributed by atoms with Crippen molar-refractivity contribution >= 4 is 32.7 Å². The lowest BCUT2D eigenvalue weighted by molar-refractivity contribution is -0.116. The third-order valence-corrected chi connectivity index (χ3v) is 7.67. The number of sulfonamides is 1. The quantitative estimate of drug-likeness (QED) is 0.469. The Balaban J connectivity index is 1.84. The predicted octanol–water partition coefficient (Wildman–Crippen LogP) is 4.50. The van der Waals surface area contributed by atoms with Crippen molar-refractivity contribution in [2.24, 2.45) is 0 Å². The average Bonchev–Trinajstić information content (AvgIpc) is 3.12. The fraction of sp³-hybridized carbons (Fsp3) is 0.417. The van der Waals surface area contributed by atoms with Gasteiger partial charge in [0.15, 0.2) is 0 Å². The molecule has 0 atom stereocenters. The van der Waals surface area contributed by atoms with Crippen LogP contribution in [-0.2, 0) is 27.8 Å². The lowest BCUT2D eigenvalue weighted by Crippen LogP contribution is -2.30. The SMILES string of the molecule is CCCn1c(CCC(=O)Nc2ccc(F)cc2C)nc2cc(S(=O)(=O)N(CC)CC)ccc21. The highest BCUT2D eigenvalue weighted by atomic mass is 32.2. The summed E-state index contributed by atoms with van der Waals surface area (Å²) in [6.07, 6.45) is 1.48. The fourth-order valence-corrected chi connectivity index (χ4v) is 5.38. The van der Waals surface area contributed by atoms with E-state index in [1.165, 1.54) is 16.4 Å². The Hall–Kier alpha value is -2.78. The summed E-state index contributed by atoms with van der Waals surface area (Å²) < 4.78 is 42.6. The number of carbonyl (C=O) groups excluding carboxylic acids is 1. The molecule has 178 valence electrons. The molecule has 2 aromatic carbocycles. The molecule has 1 N–H and O–H groups in total. The highest BCUT2D eigenvalue weighted by molar-refractivity contribution is 7.89. The van der Waals surface area contributed by atoms with Crippen LogP contribution in [0.5, 0.6) is 0 Å². The van der Waals surface area contributed by atoms with Gasteiger partial charge in [0, 0.05) is 38.2 Å². The van der Waals surface area contributed by atoms with E-state index in [4.69, 9.17) is 0 Å². The van der Waals surface area contributed by atoms with Gasteiger partial charge in [-0.2, -0.15) is 4.31 Å². The van der Waals surface area contributed by atoms with Gasteiger partial charge in [-0.3, -0.25) is 4.79 Å². The van der Waals surface area contributed by atoms with E-state index in [2.05, 4.69) is 17.2 Å². The molecule has 0 unspecified atom stereocenters. The first kappa shape index (κ1) is 24.9. The zero-order chi connectivity index (χ0) is 24.2. The molecule has 0 spiro atoms. The summed E-state index contributed by atoms with van der Waals surface area (Å²) in [5.74, 6) is 0.195. The van der Waals surface area contributed by atoms with Gasteiger partial charge in [-0.25, -0.2) is 17.8 Å². The number of aryl methyl sites for hydroxylation is 3. The monoisotopic (exact) mass is 474 g/mol. The summed E-state index contributed by atoms with van der Waals surface area (Å²) >= 11 is 0. The van der Waals surface area contributed by atoms with Gasteiger partial charge in [0.05, 0.1) is 15.9 Å². The van der Waals surface area contributed by atoms with Gasteiger partial charge in [-0.05, 0) is 55.3 Å². The largest absolute Gasteiger partial charge is 0.328 e. The number of rotatable bonds is 10. The smallest absolute Gasteiger partial charge is 0.243 e. The Morgan fingerprint density at radius 1 is 1.12 bits per heavy atom. The molecule has 1 aromatic heterocycles. The van der Waals surface area contributed by atoms with Gasteiger partial charge in [-0.1, -0.05) is 20.8 Å². The summed E-state index contributed by atoms with van der Waals surface area (Å²) in [4.78, 5) is 17.4. The molecule has 0 bridgehead atoms.